The van der Waals surface area contributed by atoms with Crippen LogP contribution in [0.15, 0.2) is 16.5 Å². The van der Waals surface area contributed by atoms with E-state index in [-0.39, 0.29) is 5.91 Å². The maximum atomic E-state index is 10.5. The second-order valence-electron chi connectivity index (χ2n) is 3.82. The summed E-state index contributed by atoms with van der Waals surface area (Å²) in [5.41, 5.74) is 5.04. The first kappa shape index (κ1) is 12.8. The van der Waals surface area contributed by atoms with Crippen molar-refractivity contribution in [3.8, 4) is 0 Å². The van der Waals surface area contributed by atoms with Crippen molar-refractivity contribution in [2.75, 3.05) is 6.54 Å². The number of rotatable bonds is 8. The minimum Gasteiger partial charge on any atom is -0.465 e. The summed E-state index contributed by atoms with van der Waals surface area (Å²) in [5, 5.41) is 3.27. The number of nitrogens with two attached hydrogens (primary N) is 1. The van der Waals surface area contributed by atoms with Gasteiger partial charge < -0.3 is 15.5 Å². The quantitative estimate of drug-likeness (QED) is 0.659. The van der Waals surface area contributed by atoms with Crippen LogP contribution in [0, 0.1) is 0 Å². The summed E-state index contributed by atoms with van der Waals surface area (Å²) in [6, 6.07) is 4.00. The molecule has 1 aromatic heterocycles. The minimum atomic E-state index is -0.223. The number of primary amides is 1. The van der Waals surface area contributed by atoms with E-state index in [0.717, 1.165) is 43.9 Å². The van der Waals surface area contributed by atoms with Gasteiger partial charge in [-0.3, -0.25) is 4.79 Å². The average Bonchev–Trinajstić information content (AvgIpc) is 2.70. The van der Waals surface area contributed by atoms with E-state index >= 15 is 0 Å². The first-order valence-electron chi connectivity index (χ1n) is 5.79. The Morgan fingerprint density at radius 2 is 2.12 bits per heavy atom. The third kappa shape index (κ3) is 4.98. The predicted octanol–water partition coefficient (Wildman–Crippen LogP) is 1.59. The number of furan rings is 1. The van der Waals surface area contributed by atoms with Crippen LogP contribution in [0.5, 0.6) is 0 Å². The van der Waals surface area contributed by atoms with Gasteiger partial charge in [0.1, 0.15) is 11.5 Å². The number of carbonyl (C=O) groups is 1. The summed E-state index contributed by atoms with van der Waals surface area (Å²) in [6.45, 7) is 3.70. The lowest BCUT2D eigenvalue weighted by Gasteiger charge is -2.01. The number of carbonyl (C=O) groups excluding carboxylic acids is 1. The second-order valence-corrected chi connectivity index (χ2v) is 3.82. The Hall–Kier alpha value is -1.29. The molecule has 0 aliphatic heterocycles. The molecule has 0 saturated carbocycles. The normalized spacial score (nSPS) is 10.6. The van der Waals surface area contributed by atoms with Gasteiger partial charge in [-0.2, -0.15) is 0 Å². The van der Waals surface area contributed by atoms with E-state index in [9.17, 15) is 4.79 Å². The molecule has 90 valence electrons. The standard InChI is InChI=1S/C12H20N2O2/c1-2-10-6-7-11(16-10)9-14-8-4-3-5-12(13)15/h6-7,14H,2-5,8-9H2,1H3,(H2,13,15). The lowest BCUT2D eigenvalue weighted by Crippen LogP contribution is -2.15. The van der Waals surface area contributed by atoms with Crippen LogP contribution in [-0.2, 0) is 17.8 Å². The van der Waals surface area contributed by atoms with E-state index in [0.29, 0.717) is 6.42 Å². The Bertz CT molecular complexity index is 321. The molecule has 0 aliphatic rings. The van der Waals surface area contributed by atoms with Crippen molar-refractivity contribution >= 4 is 5.91 Å². The van der Waals surface area contributed by atoms with Gasteiger partial charge in [0.2, 0.25) is 5.91 Å². The molecular formula is C12H20N2O2. The van der Waals surface area contributed by atoms with Crippen LogP contribution in [0.25, 0.3) is 0 Å². The van der Waals surface area contributed by atoms with Crippen LogP contribution < -0.4 is 11.1 Å². The average molecular weight is 224 g/mol. The third-order valence-electron chi connectivity index (χ3n) is 2.39. The Morgan fingerprint density at radius 1 is 1.38 bits per heavy atom. The van der Waals surface area contributed by atoms with Crippen LogP contribution in [0.2, 0.25) is 0 Å². The molecule has 0 aromatic carbocycles. The number of unbranched alkanes of at least 4 members (excludes halogenated alkanes) is 1. The molecule has 1 amide bonds. The smallest absolute Gasteiger partial charge is 0.217 e. The Kier molecular flexibility index (Phi) is 5.64. The van der Waals surface area contributed by atoms with Gasteiger partial charge in [0.15, 0.2) is 0 Å². The van der Waals surface area contributed by atoms with E-state index in [2.05, 4.69) is 12.2 Å². The van der Waals surface area contributed by atoms with Gasteiger partial charge in [-0.15, -0.1) is 0 Å². The molecule has 3 N–H and O–H groups in total. The molecule has 16 heavy (non-hydrogen) atoms. The molecule has 0 aliphatic carbocycles. The van der Waals surface area contributed by atoms with E-state index in [4.69, 9.17) is 10.2 Å². The summed E-state index contributed by atoms with van der Waals surface area (Å²) in [7, 11) is 0. The highest BCUT2D eigenvalue weighted by molar-refractivity contribution is 5.73. The maximum Gasteiger partial charge on any atom is 0.217 e. The third-order valence-corrected chi connectivity index (χ3v) is 2.39. The van der Waals surface area contributed by atoms with Crippen molar-refractivity contribution < 1.29 is 9.21 Å². The Labute approximate surface area is 96.2 Å². The molecule has 0 radical (unpaired) electrons. The minimum absolute atomic E-state index is 0.223. The van der Waals surface area contributed by atoms with Gasteiger partial charge in [0, 0.05) is 12.8 Å². The summed E-state index contributed by atoms with van der Waals surface area (Å²) in [4.78, 5) is 10.5. The fourth-order valence-electron chi connectivity index (χ4n) is 1.47. The fraction of sp³-hybridized carbons (Fsp3) is 0.583. The monoisotopic (exact) mass is 224 g/mol. The largest absolute Gasteiger partial charge is 0.465 e. The van der Waals surface area contributed by atoms with Crippen molar-refractivity contribution in [1.82, 2.24) is 5.32 Å². The zero-order valence-electron chi connectivity index (χ0n) is 9.79. The summed E-state index contributed by atoms with van der Waals surface area (Å²) >= 11 is 0. The van der Waals surface area contributed by atoms with Gasteiger partial charge in [0.05, 0.1) is 6.54 Å². The molecule has 1 rings (SSSR count). The van der Waals surface area contributed by atoms with Gasteiger partial charge in [0.25, 0.3) is 0 Å². The van der Waals surface area contributed by atoms with Gasteiger partial charge in [-0.05, 0) is 31.5 Å². The molecule has 0 unspecified atom stereocenters. The maximum absolute atomic E-state index is 10.5. The van der Waals surface area contributed by atoms with Crippen molar-refractivity contribution in [1.29, 1.82) is 0 Å². The number of aryl methyl sites for hydroxylation is 1. The van der Waals surface area contributed by atoms with E-state index in [1.54, 1.807) is 0 Å². The van der Waals surface area contributed by atoms with Crippen molar-refractivity contribution in [2.24, 2.45) is 5.73 Å². The topological polar surface area (TPSA) is 68.3 Å². The number of hydrogen-bond donors (Lipinski definition) is 2. The summed E-state index contributed by atoms with van der Waals surface area (Å²) in [6.07, 6.45) is 3.21. The highest BCUT2D eigenvalue weighted by Gasteiger charge is 1.99. The molecule has 0 bridgehead atoms. The Morgan fingerprint density at radius 3 is 2.75 bits per heavy atom. The van der Waals surface area contributed by atoms with Gasteiger partial charge >= 0.3 is 0 Å². The molecule has 0 spiro atoms. The molecule has 4 heteroatoms. The molecule has 1 aromatic rings. The van der Waals surface area contributed by atoms with Crippen LogP contribution in [0.3, 0.4) is 0 Å². The number of hydrogen-bond acceptors (Lipinski definition) is 3. The van der Waals surface area contributed by atoms with Crippen LogP contribution in [0.1, 0.15) is 37.7 Å². The molecule has 1 heterocycles. The fourth-order valence-corrected chi connectivity index (χ4v) is 1.47. The lowest BCUT2D eigenvalue weighted by molar-refractivity contribution is -0.118. The zero-order valence-corrected chi connectivity index (χ0v) is 9.79. The lowest BCUT2D eigenvalue weighted by atomic mass is 10.2. The molecule has 0 saturated heterocycles. The van der Waals surface area contributed by atoms with E-state index in [1.165, 1.54) is 0 Å². The highest BCUT2D eigenvalue weighted by Crippen LogP contribution is 2.07. The van der Waals surface area contributed by atoms with Crippen molar-refractivity contribution in [3.05, 3.63) is 23.7 Å². The predicted molar refractivity (Wildman–Crippen MR) is 62.8 cm³/mol. The first-order valence-corrected chi connectivity index (χ1v) is 5.79. The van der Waals surface area contributed by atoms with E-state index < -0.39 is 0 Å². The van der Waals surface area contributed by atoms with Crippen LogP contribution in [0.4, 0.5) is 0 Å². The SMILES string of the molecule is CCc1ccc(CNCCCCC(N)=O)o1. The molecule has 0 fully saturated rings. The van der Waals surface area contributed by atoms with Crippen molar-refractivity contribution in [2.45, 2.75) is 39.2 Å². The zero-order chi connectivity index (χ0) is 11.8. The molecule has 4 nitrogen and oxygen atoms in total. The van der Waals surface area contributed by atoms with Crippen LogP contribution >= 0.6 is 0 Å². The first-order chi connectivity index (χ1) is 7.72. The number of amides is 1. The van der Waals surface area contributed by atoms with Gasteiger partial charge in [-0.25, -0.2) is 0 Å². The summed E-state index contributed by atoms with van der Waals surface area (Å²) < 4.78 is 5.54. The molecule has 0 atom stereocenters. The van der Waals surface area contributed by atoms with Gasteiger partial charge in [-0.1, -0.05) is 6.92 Å². The number of nitrogens with one attached hydrogen (secondary N) is 1. The summed E-state index contributed by atoms with van der Waals surface area (Å²) in [5.74, 6) is 1.76. The van der Waals surface area contributed by atoms with Crippen LogP contribution in [-0.4, -0.2) is 12.5 Å². The Balaban J connectivity index is 2.04. The highest BCUT2D eigenvalue weighted by atomic mass is 16.3. The second kappa shape index (κ2) is 7.06. The van der Waals surface area contributed by atoms with E-state index in [1.807, 2.05) is 12.1 Å². The molecular weight excluding hydrogens is 204 g/mol. The van der Waals surface area contributed by atoms with Crippen molar-refractivity contribution in [3.63, 3.8) is 0 Å².